The first-order valence-corrected chi connectivity index (χ1v) is 15.5. The Morgan fingerprint density at radius 3 is 2.71 bits per heavy atom. The first-order chi connectivity index (χ1) is 20.4. The van der Waals surface area contributed by atoms with Gasteiger partial charge in [-0.1, -0.05) is 76.3 Å². The normalized spacial score (nSPS) is 13.0. The summed E-state index contributed by atoms with van der Waals surface area (Å²) >= 11 is 0. The van der Waals surface area contributed by atoms with Crippen molar-refractivity contribution in [3.05, 3.63) is 88.5 Å². The average Bonchev–Trinajstić information content (AvgIpc) is 3.46. The second kappa shape index (κ2) is 16.0. The third kappa shape index (κ3) is 9.34. The third-order valence-corrected chi connectivity index (χ3v) is 7.99. The standard InChI is InChI=1S/C37H45NO4/c1-3-4-6-9-27(2)10-7-5-8-11-32(39)16-12-28-13-19-36(41)37(24-28)42-23-21-29-14-17-33(40)26-34(29)30-15-18-35-31(25-30)20-22-38-35/h8,11,13-15,17-20,24-27,40-41H,3-7,9-10,12,16,21-23H2,1-2H3/b11-8+/t27-/m0/s1. The number of hydrogen-bond acceptors (Lipinski definition) is 5. The Morgan fingerprint density at radius 1 is 1.00 bits per heavy atom. The molecule has 3 aromatic rings. The summed E-state index contributed by atoms with van der Waals surface area (Å²) in [6, 6.07) is 16.8. The van der Waals surface area contributed by atoms with E-state index >= 15 is 0 Å². The van der Waals surface area contributed by atoms with E-state index in [1.165, 1.54) is 32.1 Å². The second-order valence-electron chi connectivity index (χ2n) is 11.5. The van der Waals surface area contributed by atoms with E-state index < -0.39 is 0 Å². The Kier molecular flexibility index (Phi) is 11.8. The van der Waals surface area contributed by atoms with Crippen molar-refractivity contribution in [2.75, 3.05) is 13.2 Å². The molecule has 2 N–H and O–H groups in total. The molecule has 5 nitrogen and oxygen atoms in total. The highest BCUT2D eigenvalue weighted by Gasteiger charge is 2.11. The van der Waals surface area contributed by atoms with Crippen molar-refractivity contribution < 1.29 is 19.7 Å². The Labute approximate surface area is 250 Å². The molecule has 0 fully saturated rings. The van der Waals surface area contributed by atoms with Crippen LogP contribution in [0.4, 0.5) is 0 Å². The molecule has 0 aliphatic carbocycles. The highest BCUT2D eigenvalue weighted by Crippen LogP contribution is 2.30. The molecule has 222 valence electrons. The van der Waals surface area contributed by atoms with E-state index in [9.17, 15) is 15.0 Å². The van der Waals surface area contributed by atoms with Gasteiger partial charge in [-0.2, -0.15) is 0 Å². The summed E-state index contributed by atoms with van der Waals surface area (Å²) < 4.78 is 5.99. The van der Waals surface area contributed by atoms with E-state index in [1.807, 2.05) is 36.4 Å². The van der Waals surface area contributed by atoms with Crippen LogP contribution in [0.3, 0.4) is 0 Å². The summed E-state index contributed by atoms with van der Waals surface area (Å²) in [5.74, 6) is 1.59. The molecular formula is C37H45NO4. The molecule has 0 radical (unpaired) electrons. The zero-order chi connectivity index (χ0) is 29.7. The van der Waals surface area contributed by atoms with Crippen LogP contribution in [0.1, 0.15) is 76.3 Å². The number of nitrogens with zero attached hydrogens (tertiary/aromatic N) is 1. The van der Waals surface area contributed by atoms with Gasteiger partial charge in [0.05, 0.1) is 18.5 Å². The minimum Gasteiger partial charge on any atom is -0.508 e. The van der Waals surface area contributed by atoms with Crippen LogP contribution in [0, 0.1) is 5.92 Å². The number of ketones is 1. The molecule has 0 saturated carbocycles. The maximum atomic E-state index is 12.4. The number of fused-ring (bicyclic) bond motifs is 1. The molecule has 1 aliphatic rings. The van der Waals surface area contributed by atoms with Crippen LogP contribution >= 0.6 is 0 Å². The van der Waals surface area contributed by atoms with Crippen LogP contribution in [0.25, 0.3) is 17.2 Å². The van der Waals surface area contributed by atoms with Crippen LogP contribution in [0.15, 0.2) is 71.7 Å². The molecule has 0 unspecified atom stereocenters. The zero-order valence-corrected chi connectivity index (χ0v) is 25.1. The fraction of sp³-hybridized carbons (Fsp3) is 0.405. The smallest absolute Gasteiger partial charge is 0.161 e. The van der Waals surface area contributed by atoms with Crippen molar-refractivity contribution in [2.45, 2.75) is 78.1 Å². The number of ether oxygens (including phenoxy) is 1. The molecule has 3 aromatic carbocycles. The van der Waals surface area contributed by atoms with Crippen molar-refractivity contribution in [1.82, 2.24) is 0 Å². The molecule has 1 atom stereocenters. The Bertz CT molecular complexity index is 1490. The molecule has 1 aliphatic heterocycles. The summed E-state index contributed by atoms with van der Waals surface area (Å²) in [7, 11) is 0. The Hall–Kier alpha value is -3.86. The lowest BCUT2D eigenvalue weighted by Gasteiger charge is -2.13. The van der Waals surface area contributed by atoms with Crippen molar-refractivity contribution >= 4 is 11.9 Å². The van der Waals surface area contributed by atoms with Gasteiger partial charge in [0.1, 0.15) is 5.75 Å². The minimum atomic E-state index is 0.0812. The van der Waals surface area contributed by atoms with Crippen LogP contribution in [-0.4, -0.2) is 29.1 Å². The molecule has 5 heteroatoms. The maximum Gasteiger partial charge on any atom is 0.161 e. The van der Waals surface area contributed by atoms with Gasteiger partial charge < -0.3 is 14.9 Å². The Morgan fingerprint density at radius 2 is 1.86 bits per heavy atom. The summed E-state index contributed by atoms with van der Waals surface area (Å²) in [5, 5.41) is 22.6. The summed E-state index contributed by atoms with van der Waals surface area (Å²) in [6.07, 6.45) is 16.0. The number of allylic oxidation sites excluding steroid dienone is 2. The molecule has 0 aromatic heterocycles. The quantitative estimate of drug-likeness (QED) is 0.133. The highest BCUT2D eigenvalue weighted by molar-refractivity contribution is 5.89. The molecule has 4 rings (SSSR count). The van der Waals surface area contributed by atoms with Crippen LogP contribution < -0.4 is 15.3 Å². The molecule has 0 amide bonds. The summed E-state index contributed by atoms with van der Waals surface area (Å²) in [4.78, 5) is 16.9. The summed E-state index contributed by atoms with van der Waals surface area (Å²) in [5.41, 5.74) is 3.97. The third-order valence-electron chi connectivity index (χ3n) is 7.99. The fourth-order valence-electron chi connectivity index (χ4n) is 5.46. The number of unbranched alkanes of at least 4 members (excludes halogenated alkanes) is 3. The Balaban J connectivity index is 1.26. The van der Waals surface area contributed by atoms with Crippen molar-refractivity contribution in [1.29, 1.82) is 0 Å². The van der Waals surface area contributed by atoms with E-state index in [0.29, 0.717) is 38.2 Å². The maximum absolute atomic E-state index is 12.4. The monoisotopic (exact) mass is 567 g/mol. The number of phenols is 2. The first-order valence-electron chi connectivity index (χ1n) is 15.5. The molecular weight excluding hydrogens is 522 g/mol. The first kappa shape index (κ1) is 31.1. The van der Waals surface area contributed by atoms with E-state index in [4.69, 9.17) is 4.74 Å². The van der Waals surface area contributed by atoms with Gasteiger partial charge in [-0.25, -0.2) is 0 Å². The van der Waals surface area contributed by atoms with Gasteiger partial charge in [-0.05, 0) is 95.1 Å². The predicted molar refractivity (Wildman–Crippen MR) is 171 cm³/mol. The molecule has 0 bridgehead atoms. The molecule has 42 heavy (non-hydrogen) atoms. The number of aryl methyl sites for hydroxylation is 1. The summed E-state index contributed by atoms with van der Waals surface area (Å²) in [6.45, 7) is 5.63. The number of aromatic hydroxyl groups is 2. The van der Waals surface area contributed by atoms with Crippen LogP contribution in [0.2, 0.25) is 0 Å². The number of hydrogen-bond donors (Lipinski definition) is 2. The number of phenolic OH excluding ortho intramolecular Hbond substituents is 2. The molecule has 1 heterocycles. The molecule has 0 spiro atoms. The lowest BCUT2D eigenvalue weighted by molar-refractivity contribution is -0.114. The van der Waals surface area contributed by atoms with Gasteiger partial charge in [0, 0.05) is 12.8 Å². The van der Waals surface area contributed by atoms with Gasteiger partial charge in [-0.15, -0.1) is 0 Å². The van der Waals surface area contributed by atoms with Gasteiger partial charge >= 0.3 is 0 Å². The predicted octanol–water partition coefficient (Wildman–Crippen LogP) is 7.24. The number of benzene rings is 3. The highest BCUT2D eigenvalue weighted by atomic mass is 16.5. The van der Waals surface area contributed by atoms with Gasteiger partial charge in [0.15, 0.2) is 17.3 Å². The minimum absolute atomic E-state index is 0.0812. The van der Waals surface area contributed by atoms with E-state index in [0.717, 1.165) is 51.6 Å². The number of rotatable bonds is 17. The number of carbonyl (C=O) groups is 1. The van der Waals surface area contributed by atoms with E-state index in [-0.39, 0.29) is 17.3 Å². The largest absolute Gasteiger partial charge is 0.508 e. The lowest BCUT2D eigenvalue weighted by Crippen LogP contribution is -2.20. The topological polar surface area (TPSA) is 79.1 Å². The van der Waals surface area contributed by atoms with Crippen molar-refractivity contribution in [3.63, 3.8) is 0 Å². The lowest BCUT2D eigenvalue weighted by atomic mass is 9.97. The van der Waals surface area contributed by atoms with E-state index in [1.54, 1.807) is 24.3 Å². The zero-order valence-electron chi connectivity index (χ0n) is 25.1. The van der Waals surface area contributed by atoms with Crippen molar-refractivity contribution in [2.24, 2.45) is 10.9 Å². The average molecular weight is 568 g/mol. The van der Waals surface area contributed by atoms with Crippen LogP contribution in [0.5, 0.6) is 17.2 Å². The molecule has 0 saturated heterocycles. The fourth-order valence-corrected chi connectivity index (χ4v) is 5.46. The van der Waals surface area contributed by atoms with Crippen molar-refractivity contribution in [3.8, 4) is 28.4 Å². The second-order valence-corrected chi connectivity index (χ2v) is 11.5. The van der Waals surface area contributed by atoms with Gasteiger partial charge in [0.25, 0.3) is 0 Å². The van der Waals surface area contributed by atoms with Gasteiger partial charge in [0.2, 0.25) is 0 Å². The number of carbonyl (C=O) groups excluding carboxylic acids is 1. The van der Waals surface area contributed by atoms with Gasteiger partial charge in [-0.3, -0.25) is 9.79 Å². The van der Waals surface area contributed by atoms with E-state index in [2.05, 4.69) is 31.0 Å². The van der Waals surface area contributed by atoms with Crippen LogP contribution in [-0.2, 0) is 17.6 Å². The SMILES string of the molecule is CCCCC[C@H](C)CCC/C=C/C(=O)CCc1ccc(O)c(OCCc2ccc(O)cc2-c2ccc3c(c2)=CCN=3)c1.